The van der Waals surface area contributed by atoms with E-state index in [0.29, 0.717) is 17.1 Å². The summed E-state index contributed by atoms with van der Waals surface area (Å²) in [6.45, 7) is 1.83. The van der Waals surface area contributed by atoms with Gasteiger partial charge in [0, 0.05) is 17.4 Å². The van der Waals surface area contributed by atoms with Crippen molar-refractivity contribution in [3.05, 3.63) is 46.9 Å². The van der Waals surface area contributed by atoms with E-state index in [4.69, 9.17) is 17.3 Å². The zero-order valence-electron chi connectivity index (χ0n) is 9.64. The molecule has 1 aromatic heterocycles. The van der Waals surface area contributed by atoms with Crippen LogP contribution in [0.2, 0.25) is 5.28 Å². The molecule has 0 unspecified atom stereocenters. The van der Waals surface area contributed by atoms with Crippen molar-refractivity contribution in [1.29, 1.82) is 0 Å². The fraction of sp³-hybridized carbons (Fsp3) is 0.0833. The van der Waals surface area contributed by atoms with Gasteiger partial charge >= 0.3 is 0 Å². The normalized spacial score (nSPS) is 10.1. The highest BCUT2D eigenvalue weighted by Crippen LogP contribution is 2.15. The molecule has 1 heterocycles. The smallest absolute Gasteiger partial charge is 0.257 e. The summed E-state index contributed by atoms with van der Waals surface area (Å²) in [6, 6.07) is 6.71. The zero-order chi connectivity index (χ0) is 13.1. The number of nitrogen functional groups attached to an aromatic ring is 1. The van der Waals surface area contributed by atoms with E-state index in [2.05, 4.69) is 15.3 Å². The van der Waals surface area contributed by atoms with Crippen molar-refractivity contribution in [2.75, 3.05) is 11.1 Å². The fourth-order valence-electron chi connectivity index (χ4n) is 1.47. The first kappa shape index (κ1) is 12.3. The van der Waals surface area contributed by atoms with Crippen LogP contribution in [0.5, 0.6) is 0 Å². The largest absolute Gasteiger partial charge is 0.399 e. The van der Waals surface area contributed by atoms with Crippen molar-refractivity contribution in [2.24, 2.45) is 0 Å². The Morgan fingerprint density at radius 2 is 2.17 bits per heavy atom. The van der Waals surface area contributed by atoms with Crippen molar-refractivity contribution in [3.8, 4) is 0 Å². The third-order valence-electron chi connectivity index (χ3n) is 2.37. The molecule has 92 valence electrons. The molecule has 2 aromatic rings. The predicted molar refractivity (Wildman–Crippen MR) is 70.6 cm³/mol. The molecule has 0 saturated carbocycles. The minimum Gasteiger partial charge on any atom is -0.399 e. The number of aryl methyl sites for hydroxylation is 1. The molecule has 5 nitrogen and oxygen atoms in total. The highest BCUT2D eigenvalue weighted by atomic mass is 35.5. The SMILES string of the molecule is Cc1ccc(N)cc1C(=O)Nc1ccnc(Cl)n1. The molecule has 18 heavy (non-hydrogen) atoms. The van der Waals surface area contributed by atoms with Gasteiger partial charge in [-0.05, 0) is 42.3 Å². The number of aromatic nitrogens is 2. The van der Waals surface area contributed by atoms with E-state index in [1.807, 2.05) is 6.92 Å². The van der Waals surface area contributed by atoms with E-state index in [9.17, 15) is 4.79 Å². The van der Waals surface area contributed by atoms with Crippen LogP contribution < -0.4 is 11.1 Å². The van der Waals surface area contributed by atoms with Crippen LogP contribution in [-0.2, 0) is 0 Å². The number of hydrogen-bond donors (Lipinski definition) is 2. The molecule has 1 amide bonds. The summed E-state index contributed by atoms with van der Waals surface area (Å²) in [4.78, 5) is 19.6. The number of nitrogens with one attached hydrogen (secondary N) is 1. The van der Waals surface area contributed by atoms with Crippen LogP contribution in [0.15, 0.2) is 30.5 Å². The number of anilines is 2. The third kappa shape index (κ3) is 2.75. The van der Waals surface area contributed by atoms with Crippen molar-refractivity contribution in [2.45, 2.75) is 6.92 Å². The first-order valence-electron chi connectivity index (χ1n) is 5.22. The van der Waals surface area contributed by atoms with Gasteiger partial charge in [-0.3, -0.25) is 4.79 Å². The van der Waals surface area contributed by atoms with E-state index in [-0.39, 0.29) is 11.2 Å². The summed E-state index contributed by atoms with van der Waals surface area (Å²) in [5, 5.41) is 2.72. The van der Waals surface area contributed by atoms with Gasteiger partial charge in [0.05, 0.1) is 0 Å². The third-order valence-corrected chi connectivity index (χ3v) is 2.56. The van der Waals surface area contributed by atoms with Gasteiger partial charge in [-0.2, -0.15) is 0 Å². The van der Waals surface area contributed by atoms with Crippen molar-refractivity contribution in [3.63, 3.8) is 0 Å². The Morgan fingerprint density at radius 3 is 2.89 bits per heavy atom. The Bertz CT molecular complexity index is 600. The number of carbonyl (C=O) groups excluding carboxylic acids is 1. The van der Waals surface area contributed by atoms with Crippen LogP contribution in [0.4, 0.5) is 11.5 Å². The van der Waals surface area contributed by atoms with Crippen LogP contribution >= 0.6 is 11.6 Å². The lowest BCUT2D eigenvalue weighted by molar-refractivity contribution is 0.102. The van der Waals surface area contributed by atoms with Gasteiger partial charge in [-0.15, -0.1) is 0 Å². The van der Waals surface area contributed by atoms with Gasteiger partial charge in [-0.25, -0.2) is 9.97 Å². The molecule has 6 heteroatoms. The average Bonchev–Trinajstić information content (AvgIpc) is 2.32. The molecule has 0 saturated heterocycles. The number of benzene rings is 1. The van der Waals surface area contributed by atoms with Gasteiger partial charge in [0.2, 0.25) is 5.28 Å². The molecule has 0 atom stereocenters. The number of hydrogen-bond acceptors (Lipinski definition) is 4. The molecule has 0 fully saturated rings. The molecule has 0 spiro atoms. The molecule has 0 bridgehead atoms. The van der Waals surface area contributed by atoms with Crippen LogP contribution in [0.25, 0.3) is 0 Å². The summed E-state index contributed by atoms with van der Waals surface area (Å²) < 4.78 is 0. The lowest BCUT2D eigenvalue weighted by Gasteiger charge is -2.07. The molecule has 2 rings (SSSR count). The maximum Gasteiger partial charge on any atom is 0.257 e. The number of carbonyl (C=O) groups is 1. The van der Waals surface area contributed by atoms with Gasteiger partial charge < -0.3 is 11.1 Å². The second-order valence-corrected chi connectivity index (χ2v) is 4.08. The molecular formula is C12H11ClN4O. The summed E-state index contributed by atoms with van der Waals surface area (Å²) in [7, 11) is 0. The van der Waals surface area contributed by atoms with E-state index in [1.165, 1.54) is 6.20 Å². The summed E-state index contributed by atoms with van der Waals surface area (Å²) in [5.41, 5.74) is 7.53. The van der Waals surface area contributed by atoms with Crippen LogP contribution in [-0.4, -0.2) is 15.9 Å². The monoisotopic (exact) mass is 262 g/mol. The number of amides is 1. The van der Waals surface area contributed by atoms with E-state index >= 15 is 0 Å². The Hall–Kier alpha value is -2.14. The molecule has 0 aliphatic heterocycles. The summed E-state index contributed by atoms with van der Waals surface area (Å²) in [5.74, 6) is 0.0661. The van der Waals surface area contributed by atoms with Crippen molar-refractivity contribution >= 4 is 29.0 Å². The molecule has 1 aromatic carbocycles. The van der Waals surface area contributed by atoms with E-state index in [1.54, 1.807) is 24.3 Å². The standard InChI is InChI=1S/C12H11ClN4O/c1-7-2-3-8(14)6-9(7)11(18)16-10-4-5-15-12(13)17-10/h2-6H,14H2,1H3,(H,15,16,17,18). The Balaban J connectivity index is 2.24. The minimum absolute atomic E-state index is 0.0806. The van der Waals surface area contributed by atoms with E-state index in [0.717, 1.165) is 5.56 Å². The fourth-order valence-corrected chi connectivity index (χ4v) is 1.62. The topological polar surface area (TPSA) is 80.9 Å². The number of rotatable bonds is 2. The maximum absolute atomic E-state index is 12.0. The molecule has 0 radical (unpaired) electrons. The lowest BCUT2D eigenvalue weighted by atomic mass is 10.1. The molecule has 0 aliphatic carbocycles. The average molecular weight is 263 g/mol. The van der Waals surface area contributed by atoms with Crippen molar-refractivity contribution in [1.82, 2.24) is 9.97 Å². The van der Waals surface area contributed by atoms with Gasteiger partial charge in [0.1, 0.15) is 5.82 Å². The quantitative estimate of drug-likeness (QED) is 0.643. The minimum atomic E-state index is -0.283. The van der Waals surface area contributed by atoms with E-state index < -0.39 is 0 Å². The second kappa shape index (κ2) is 5.01. The van der Waals surface area contributed by atoms with Gasteiger partial charge in [-0.1, -0.05) is 6.07 Å². The van der Waals surface area contributed by atoms with Crippen molar-refractivity contribution < 1.29 is 4.79 Å². The number of nitrogens with two attached hydrogens (primary N) is 1. The first-order valence-corrected chi connectivity index (χ1v) is 5.60. The summed E-state index contributed by atoms with van der Waals surface area (Å²) >= 11 is 5.64. The maximum atomic E-state index is 12.0. The zero-order valence-corrected chi connectivity index (χ0v) is 10.4. The second-order valence-electron chi connectivity index (χ2n) is 3.74. The highest BCUT2D eigenvalue weighted by Gasteiger charge is 2.10. The van der Waals surface area contributed by atoms with Crippen LogP contribution in [0, 0.1) is 6.92 Å². The van der Waals surface area contributed by atoms with Gasteiger partial charge in [0.15, 0.2) is 0 Å². The highest BCUT2D eigenvalue weighted by molar-refractivity contribution is 6.28. The first-order chi connectivity index (χ1) is 8.56. The Kier molecular flexibility index (Phi) is 3.43. The molecular weight excluding hydrogens is 252 g/mol. The number of halogens is 1. The van der Waals surface area contributed by atoms with Crippen LogP contribution in [0.3, 0.4) is 0 Å². The lowest BCUT2D eigenvalue weighted by Crippen LogP contribution is -2.14. The number of nitrogens with zero attached hydrogens (tertiary/aromatic N) is 2. The Labute approximate surface area is 109 Å². The predicted octanol–water partition coefficient (Wildman–Crippen LogP) is 2.27. The summed E-state index contributed by atoms with van der Waals surface area (Å²) in [6.07, 6.45) is 1.47. The van der Waals surface area contributed by atoms with Gasteiger partial charge in [0.25, 0.3) is 5.91 Å². The molecule has 3 N–H and O–H groups in total. The Morgan fingerprint density at radius 1 is 1.39 bits per heavy atom. The van der Waals surface area contributed by atoms with Crippen LogP contribution in [0.1, 0.15) is 15.9 Å². The molecule has 0 aliphatic rings.